The summed E-state index contributed by atoms with van der Waals surface area (Å²) in [6.45, 7) is 8.03. The monoisotopic (exact) mass is 414 g/mol. The molecule has 0 spiro atoms. The van der Waals surface area contributed by atoms with Gasteiger partial charge in [-0.15, -0.1) is 0 Å². The van der Waals surface area contributed by atoms with Crippen molar-refractivity contribution in [2.45, 2.75) is 20.4 Å². The Bertz CT molecular complexity index is 1060. The van der Waals surface area contributed by atoms with E-state index >= 15 is 0 Å². The summed E-state index contributed by atoms with van der Waals surface area (Å²) >= 11 is 12.0. The van der Waals surface area contributed by atoms with Crippen molar-refractivity contribution in [3.8, 4) is 5.69 Å². The van der Waals surface area contributed by atoms with Crippen LogP contribution in [0.4, 0.5) is 5.82 Å². The van der Waals surface area contributed by atoms with E-state index < -0.39 is 0 Å². The van der Waals surface area contributed by atoms with Crippen LogP contribution in [0, 0.1) is 13.8 Å². The molecule has 0 N–H and O–H groups in total. The van der Waals surface area contributed by atoms with E-state index in [0.717, 1.165) is 22.4 Å². The topological polar surface area (TPSA) is 50.5 Å². The van der Waals surface area contributed by atoms with Crippen molar-refractivity contribution in [3.63, 3.8) is 0 Å². The summed E-state index contributed by atoms with van der Waals surface area (Å²) in [5.41, 5.74) is 4.31. The molecule has 3 rings (SSSR count). The van der Waals surface area contributed by atoms with Crippen molar-refractivity contribution < 1.29 is 4.79 Å². The lowest BCUT2D eigenvalue weighted by atomic mass is 10.1. The van der Waals surface area contributed by atoms with Gasteiger partial charge in [0, 0.05) is 13.6 Å². The summed E-state index contributed by atoms with van der Waals surface area (Å²) in [5, 5.41) is 5.31. The van der Waals surface area contributed by atoms with Gasteiger partial charge in [-0.3, -0.25) is 4.79 Å². The number of carbonyl (C=O) groups excluding carboxylic acids is 1. The van der Waals surface area contributed by atoms with Crippen LogP contribution in [0.5, 0.6) is 0 Å². The van der Waals surface area contributed by atoms with Crippen molar-refractivity contribution >= 4 is 41.6 Å². The summed E-state index contributed by atoms with van der Waals surface area (Å²) in [6.07, 6.45) is 1.52. The molecule has 7 heteroatoms. The number of hydrogen-bond donors (Lipinski definition) is 0. The maximum Gasteiger partial charge on any atom is 0.259 e. The fourth-order valence-electron chi connectivity index (χ4n) is 3.05. The predicted octanol–water partition coefficient (Wildman–Crippen LogP) is 5.40. The first-order valence-corrected chi connectivity index (χ1v) is 9.39. The number of aliphatic imine (C=N–C) groups is 1. The van der Waals surface area contributed by atoms with Crippen LogP contribution in [0.1, 0.15) is 27.0 Å². The number of aryl methyl sites for hydroxylation is 2. The van der Waals surface area contributed by atoms with Gasteiger partial charge >= 0.3 is 0 Å². The van der Waals surface area contributed by atoms with Crippen LogP contribution in [0.25, 0.3) is 5.69 Å². The fourth-order valence-corrected chi connectivity index (χ4v) is 3.37. The Morgan fingerprint density at radius 1 is 1.18 bits per heavy atom. The molecule has 0 radical (unpaired) electrons. The molecule has 28 heavy (non-hydrogen) atoms. The van der Waals surface area contributed by atoms with Crippen LogP contribution in [-0.4, -0.2) is 34.4 Å². The quantitative estimate of drug-likeness (QED) is 0.524. The molecule has 144 valence electrons. The van der Waals surface area contributed by atoms with E-state index in [0.29, 0.717) is 28.0 Å². The Labute approximate surface area is 174 Å². The van der Waals surface area contributed by atoms with Gasteiger partial charge in [-0.1, -0.05) is 47.0 Å². The molecule has 0 bridgehead atoms. The van der Waals surface area contributed by atoms with Crippen molar-refractivity contribution in [2.24, 2.45) is 4.99 Å². The highest BCUT2D eigenvalue weighted by Crippen LogP contribution is 2.27. The highest BCUT2D eigenvalue weighted by molar-refractivity contribution is 6.42. The molecule has 5 nitrogen and oxygen atoms in total. The number of nitrogens with zero attached hydrogens (tertiary/aromatic N) is 4. The summed E-state index contributed by atoms with van der Waals surface area (Å²) in [6, 6.07) is 11.3. The van der Waals surface area contributed by atoms with Crippen LogP contribution in [0.15, 0.2) is 47.6 Å². The molecule has 0 saturated heterocycles. The van der Waals surface area contributed by atoms with Crippen LogP contribution in [0.3, 0.4) is 0 Å². The third-order valence-electron chi connectivity index (χ3n) is 4.45. The number of hydrogen-bond acceptors (Lipinski definition) is 3. The molecule has 1 aromatic heterocycles. The largest absolute Gasteiger partial charge is 0.337 e. The Hall–Kier alpha value is -2.63. The SMILES string of the molecule is C=Nc1c(C(=O)N(C)Cc2ccc(Cl)c(Cl)c2)cnn1-c1ccc(C)cc1C. The van der Waals surface area contributed by atoms with E-state index in [2.05, 4.69) is 22.9 Å². The minimum Gasteiger partial charge on any atom is -0.337 e. The first-order valence-electron chi connectivity index (χ1n) is 8.63. The minimum absolute atomic E-state index is 0.204. The zero-order chi connectivity index (χ0) is 20.4. The molecule has 1 heterocycles. The van der Waals surface area contributed by atoms with E-state index in [1.807, 2.05) is 32.0 Å². The first-order chi connectivity index (χ1) is 13.3. The van der Waals surface area contributed by atoms with E-state index in [1.165, 1.54) is 6.20 Å². The average Bonchev–Trinajstić information content (AvgIpc) is 3.07. The van der Waals surface area contributed by atoms with Gasteiger partial charge in [-0.05, 0) is 49.9 Å². The smallest absolute Gasteiger partial charge is 0.259 e. The summed E-state index contributed by atoms with van der Waals surface area (Å²) in [5.74, 6) is 0.211. The van der Waals surface area contributed by atoms with Crippen LogP contribution >= 0.6 is 23.2 Å². The molecule has 2 aromatic carbocycles. The van der Waals surface area contributed by atoms with Crippen molar-refractivity contribution in [3.05, 3.63) is 74.9 Å². The zero-order valence-corrected chi connectivity index (χ0v) is 17.4. The lowest BCUT2D eigenvalue weighted by molar-refractivity contribution is 0.0786. The van der Waals surface area contributed by atoms with Crippen LogP contribution < -0.4 is 0 Å². The highest BCUT2D eigenvalue weighted by Gasteiger charge is 2.21. The predicted molar refractivity (Wildman–Crippen MR) is 115 cm³/mol. The molecular formula is C21H20Cl2N4O. The molecule has 0 saturated carbocycles. The maximum absolute atomic E-state index is 13.0. The van der Waals surface area contributed by atoms with Crippen LogP contribution in [0.2, 0.25) is 10.0 Å². The van der Waals surface area contributed by atoms with Gasteiger partial charge in [0.05, 0.1) is 21.9 Å². The second-order valence-corrected chi connectivity index (χ2v) is 7.47. The fraction of sp³-hybridized carbons (Fsp3) is 0.190. The molecular weight excluding hydrogens is 395 g/mol. The van der Waals surface area contributed by atoms with Gasteiger partial charge in [0.2, 0.25) is 0 Å². The number of rotatable bonds is 5. The minimum atomic E-state index is -0.204. The number of benzene rings is 2. The Morgan fingerprint density at radius 2 is 1.93 bits per heavy atom. The second kappa shape index (κ2) is 8.17. The van der Waals surface area contributed by atoms with Crippen molar-refractivity contribution in [2.75, 3.05) is 7.05 Å². The lowest BCUT2D eigenvalue weighted by Crippen LogP contribution is -2.26. The average molecular weight is 415 g/mol. The molecule has 1 amide bonds. The summed E-state index contributed by atoms with van der Waals surface area (Å²) in [7, 11) is 1.71. The summed E-state index contributed by atoms with van der Waals surface area (Å²) in [4.78, 5) is 18.6. The number of amides is 1. The standard InChI is InChI=1S/C21H20Cl2N4O/c1-13-5-8-19(14(2)9-13)27-20(24-3)16(11-25-27)21(28)26(4)12-15-6-7-17(22)18(23)10-15/h5-11H,3,12H2,1-2,4H3. The second-order valence-electron chi connectivity index (χ2n) is 6.65. The first kappa shape index (κ1) is 20.1. The van der Waals surface area contributed by atoms with Crippen molar-refractivity contribution in [1.82, 2.24) is 14.7 Å². The highest BCUT2D eigenvalue weighted by atomic mass is 35.5. The Balaban J connectivity index is 1.90. The number of aromatic nitrogens is 2. The van der Waals surface area contributed by atoms with Gasteiger partial charge in [0.1, 0.15) is 5.56 Å². The Kier molecular flexibility index (Phi) is 5.87. The third-order valence-corrected chi connectivity index (χ3v) is 5.19. The normalized spacial score (nSPS) is 10.8. The molecule has 3 aromatic rings. The molecule has 0 atom stereocenters. The van der Waals surface area contributed by atoms with Gasteiger partial charge in [0.15, 0.2) is 5.82 Å². The number of carbonyl (C=O) groups is 1. The molecule has 0 unspecified atom stereocenters. The van der Waals surface area contributed by atoms with Crippen molar-refractivity contribution in [1.29, 1.82) is 0 Å². The van der Waals surface area contributed by atoms with Crippen LogP contribution in [-0.2, 0) is 6.54 Å². The van der Waals surface area contributed by atoms with Gasteiger partial charge in [-0.2, -0.15) is 5.10 Å². The van der Waals surface area contributed by atoms with Gasteiger partial charge in [-0.25, -0.2) is 9.67 Å². The van der Waals surface area contributed by atoms with E-state index in [9.17, 15) is 4.79 Å². The molecule has 0 aliphatic rings. The molecule has 0 fully saturated rings. The number of halogens is 2. The third kappa shape index (κ3) is 3.96. The van der Waals surface area contributed by atoms with Gasteiger partial charge in [0.25, 0.3) is 5.91 Å². The van der Waals surface area contributed by atoms with E-state index in [1.54, 1.807) is 28.8 Å². The molecule has 0 aliphatic carbocycles. The lowest BCUT2D eigenvalue weighted by Gasteiger charge is -2.17. The summed E-state index contributed by atoms with van der Waals surface area (Å²) < 4.78 is 1.64. The zero-order valence-electron chi connectivity index (χ0n) is 15.9. The Morgan fingerprint density at radius 3 is 2.57 bits per heavy atom. The van der Waals surface area contributed by atoms with E-state index in [-0.39, 0.29) is 5.91 Å². The molecule has 0 aliphatic heterocycles. The van der Waals surface area contributed by atoms with E-state index in [4.69, 9.17) is 23.2 Å². The maximum atomic E-state index is 13.0. The van der Waals surface area contributed by atoms with Gasteiger partial charge < -0.3 is 4.90 Å².